The van der Waals surface area contributed by atoms with Crippen molar-refractivity contribution in [1.82, 2.24) is 9.97 Å². The summed E-state index contributed by atoms with van der Waals surface area (Å²) in [6, 6.07) is 11.5. The standard InChI is InChI=1S/C19H15Cl3N2O3S/c1-3-27-19-23-17(14-9-8-13(21)10-15(14)22)16(18(24-19)28(2,25)26)11-4-6-12(20)7-5-11/h4-10H,3H2,1-2H3. The van der Waals surface area contributed by atoms with Gasteiger partial charge in [-0.1, -0.05) is 46.9 Å². The van der Waals surface area contributed by atoms with Crippen LogP contribution in [0.5, 0.6) is 6.01 Å². The van der Waals surface area contributed by atoms with Crippen molar-refractivity contribution in [1.29, 1.82) is 0 Å². The Balaban J connectivity index is 2.43. The van der Waals surface area contributed by atoms with Crippen LogP contribution in [0.1, 0.15) is 6.92 Å². The highest BCUT2D eigenvalue weighted by Crippen LogP contribution is 2.40. The summed E-state index contributed by atoms with van der Waals surface area (Å²) in [5.41, 5.74) is 1.72. The number of halogens is 3. The average molecular weight is 458 g/mol. The number of sulfone groups is 1. The van der Waals surface area contributed by atoms with Crippen LogP contribution >= 0.6 is 34.8 Å². The molecule has 0 amide bonds. The summed E-state index contributed by atoms with van der Waals surface area (Å²) < 4.78 is 30.5. The van der Waals surface area contributed by atoms with Crippen molar-refractivity contribution < 1.29 is 13.2 Å². The lowest BCUT2D eigenvalue weighted by molar-refractivity contribution is 0.310. The second-order valence-corrected chi connectivity index (χ2v) is 9.08. The molecule has 3 rings (SSSR count). The Labute approximate surface area is 178 Å². The van der Waals surface area contributed by atoms with Gasteiger partial charge in [0.15, 0.2) is 14.9 Å². The molecule has 2 aromatic carbocycles. The van der Waals surface area contributed by atoms with Gasteiger partial charge in [-0.05, 0) is 42.8 Å². The first-order valence-electron chi connectivity index (χ1n) is 8.17. The molecule has 1 heterocycles. The highest BCUT2D eigenvalue weighted by molar-refractivity contribution is 7.90. The van der Waals surface area contributed by atoms with E-state index in [9.17, 15) is 8.42 Å². The van der Waals surface area contributed by atoms with Crippen molar-refractivity contribution in [3.8, 4) is 28.4 Å². The number of ether oxygens (including phenoxy) is 1. The summed E-state index contributed by atoms with van der Waals surface area (Å²) in [5.74, 6) is 0. The Morgan fingerprint density at radius 1 is 0.964 bits per heavy atom. The van der Waals surface area contributed by atoms with E-state index >= 15 is 0 Å². The van der Waals surface area contributed by atoms with Crippen molar-refractivity contribution in [2.24, 2.45) is 0 Å². The summed E-state index contributed by atoms with van der Waals surface area (Å²) in [6.07, 6.45) is 1.08. The van der Waals surface area contributed by atoms with Crippen LogP contribution in [-0.4, -0.2) is 31.2 Å². The minimum absolute atomic E-state index is 0.0540. The summed E-state index contributed by atoms with van der Waals surface area (Å²) in [5, 5.41) is 1.13. The average Bonchev–Trinajstić information content (AvgIpc) is 2.61. The van der Waals surface area contributed by atoms with E-state index in [1.54, 1.807) is 49.4 Å². The molecule has 28 heavy (non-hydrogen) atoms. The van der Waals surface area contributed by atoms with E-state index in [0.29, 0.717) is 37.5 Å². The Morgan fingerprint density at radius 2 is 1.61 bits per heavy atom. The predicted molar refractivity (Wildman–Crippen MR) is 112 cm³/mol. The second-order valence-electron chi connectivity index (χ2n) is 5.87. The quantitative estimate of drug-likeness (QED) is 0.468. The molecule has 0 spiro atoms. The number of nitrogens with zero attached hydrogens (tertiary/aromatic N) is 2. The van der Waals surface area contributed by atoms with Gasteiger partial charge in [-0.15, -0.1) is 0 Å². The van der Waals surface area contributed by atoms with Gasteiger partial charge in [0.2, 0.25) is 0 Å². The fourth-order valence-corrected chi connectivity index (χ4v) is 4.09. The summed E-state index contributed by atoms with van der Waals surface area (Å²) in [4.78, 5) is 8.58. The third kappa shape index (κ3) is 4.41. The molecule has 3 aromatic rings. The first kappa shape index (κ1) is 20.9. The molecule has 0 unspecified atom stereocenters. The minimum atomic E-state index is -3.72. The number of aromatic nitrogens is 2. The lowest BCUT2D eigenvalue weighted by Crippen LogP contribution is -2.09. The molecule has 0 saturated heterocycles. The van der Waals surface area contributed by atoms with E-state index in [0.717, 1.165) is 6.26 Å². The highest BCUT2D eigenvalue weighted by Gasteiger charge is 2.25. The van der Waals surface area contributed by atoms with Gasteiger partial charge in [0.05, 0.1) is 17.3 Å². The predicted octanol–water partition coefficient (Wildman–Crippen LogP) is 5.57. The van der Waals surface area contributed by atoms with Gasteiger partial charge >= 0.3 is 6.01 Å². The minimum Gasteiger partial charge on any atom is -0.464 e. The van der Waals surface area contributed by atoms with E-state index in [4.69, 9.17) is 39.5 Å². The smallest absolute Gasteiger partial charge is 0.318 e. The van der Waals surface area contributed by atoms with Gasteiger partial charge in [0.1, 0.15) is 0 Å². The van der Waals surface area contributed by atoms with Crippen molar-refractivity contribution >= 4 is 44.6 Å². The van der Waals surface area contributed by atoms with Crippen molar-refractivity contribution in [2.75, 3.05) is 12.9 Å². The Kier molecular flexibility index (Phi) is 6.15. The first-order valence-corrected chi connectivity index (χ1v) is 11.2. The van der Waals surface area contributed by atoms with Crippen LogP contribution in [0.3, 0.4) is 0 Å². The number of rotatable bonds is 5. The molecule has 0 fully saturated rings. The zero-order valence-electron chi connectivity index (χ0n) is 14.9. The molecule has 0 aliphatic rings. The molecule has 5 nitrogen and oxygen atoms in total. The summed E-state index contributed by atoms with van der Waals surface area (Å²) in [6.45, 7) is 2.03. The van der Waals surface area contributed by atoms with E-state index in [-0.39, 0.29) is 17.6 Å². The number of hydrogen-bond donors (Lipinski definition) is 0. The van der Waals surface area contributed by atoms with Crippen LogP contribution in [0.4, 0.5) is 0 Å². The number of hydrogen-bond acceptors (Lipinski definition) is 5. The van der Waals surface area contributed by atoms with Gasteiger partial charge in [-0.3, -0.25) is 0 Å². The molecule has 146 valence electrons. The molecule has 0 atom stereocenters. The molecule has 1 aromatic heterocycles. The maximum Gasteiger partial charge on any atom is 0.318 e. The Morgan fingerprint density at radius 3 is 2.18 bits per heavy atom. The molecule has 0 aliphatic heterocycles. The fourth-order valence-electron chi connectivity index (χ4n) is 2.64. The van der Waals surface area contributed by atoms with Crippen LogP contribution in [0.2, 0.25) is 15.1 Å². The van der Waals surface area contributed by atoms with Gasteiger partial charge in [-0.25, -0.2) is 8.42 Å². The summed E-state index contributed by atoms with van der Waals surface area (Å²) in [7, 11) is -3.72. The van der Waals surface area contributed by atoms with Crippen LogP contribution in [-0.2, 0) is 9.84 Å². The molecule has 0 saturated carbocycles. The molecule has 0 N–H and O–H groups in total. The fraction of sp³-hybridized carbons (Fsp3) is 0.158. The van der Waals surface area contributed by atoms with Gasteiger partial charge < -0.3 is 4.74 Å². The zero-order valence-corrected chi connectivity index (χ0v) is 18.0. The zero-order chi connectivity index (χ0) is 20.5. The maximum absolute atomic E-state index is 12.5. The van der Waals surface area contributed by atoms with Gasteiger partial charge in [-0.2, -0.15) is 9.97 Å². The highest BCUT2D eigenvalue weighted by atomic mass is 35.5. The molecular formula is C19H15Cl3N2O3S. The summed E-state index contributed by atoms with van der Waals surface area (Å²) >= 11 is 18.4. The van der Waals surface area contributed by atoms with Crippen molar-refractivity contribution in [3.63, 3.8) is 0 Å². The number of benzene rings is 2. The van der Waals surface area contributed by atoms with Crippen LogP contribution in [0.15, 0.2) is 47.5 Å². The normalized spacial score (nSPS) is 11.5. The maximum atomic E-state index is 12.5. The van der Waals surface area contributed by atoms with E-state index < -0.39 is 9.84 Å². The van der Waals surface area contributed by atoms with E-state index in [1.165, 1.54) is 0 Å². The monoisotopic (exact) mass is 456 g/mol. The topological polar surface area (TPSA) is 69.2 Å². The lowest BCUT2D eigenvalue weighted by atomic mass is 10.0. The van der Waals surface area contributed by atoms with Gasteiger partial charge in [0.25, 0.3) is 0 Å². The first-order chi connectivity index (χ1) is 13.2. The van der Waals surface area contributed by atoms with Crippen molar-refractivity contribution in [2.45, 2.75) is 11.9 Å². The molecular weight excluding hydrogens is 443 g/mol. The molecule has 0 aliphatic carbocycles. The second kappa shape index (κ2) is 8.25. The van der Waals surface area contributed by atoms with Crippen LogP contribution in [0.25, 0.3) is 22.4 Å². The van der Waals surface area contributed by atoms with Crippen LogP contribution in [0, 0.1) is 0 Å². The van der Waals surface area contributed by atoms with E-state index in [2.05, 4.69) is 9.97 Å². The molecule has 0 bridgehead atoms. The lowest BCUT2D eigenvalue weighted by Gasteiger charge is -2.16. The van der Waals surface area contributed by atoms with E-state index in [1.807, 2.05) is 0 Å². The molecule has 9 heteroatoms. The largest absolute Gasteiger partial charge is 0.464 e. The van der Waals surface area contributed by atoms with Gasteiger partial charge in [0, 0.05) is 27.4 Å². The molecule has 0 radical (unpaired) electrons. The van der Waals surface area contributed by atoms with Crippen molar-refractivity contribution in [3.05, 3.63) is 57.5 Å². The van der Waals surface area contributed by atoms with Crippen LogP contribution < -0.4 is 4.74 Å². The third-order valence-corrected chi connectivity index (χ3v) is 5.60. The Hall–Kier alpha value is -1.86. The third-order valence-electron chi connectivity index (χ3n) is 3.80. The Bertz CT molecular complexity index is 1130. The SMILES string of the molecule is CCOc1nc(-c2ccc(Cl)cc2Cl)c(-c2ccc(Cl)cc2)c(S(C)(=O)=O)n1.